The third-order valence-corrected chi connectivity index (χ3v) is 3.86. The smallest absolute Gasteiger partial charge is 0.000496 e. The number of hydrogen-bond acceptors (Lipinski definition) is 0. The minimum atomic E-state index is 0.671. The summed E-state index contributed by atoms with van der Waals surface area (Å²) < 4.78 is 0. The lowest BCUT2D eigenvalue weighted by Crippen LogP contribution is -2.04. The molecule has 0 fully saturated rings. The van der Waals surface area contributed by atoms with Gasteiger partial charge < -0.3 is 0 Å². The van der Waals surface area contributed by atoms with Crippen molar-refractivity contribution in [2.45, 2.75) is 53.4 Å². The molecule has 2 unspecified atom stereocenters. The molecule has 0 saturated heterocycles. The van der Waals surface area contributed by atoms with Crippen LogP contribution in [-0.4, -0.2) is 0 Å². The number of rotatable bonds is 7. The van der Waals surface area contributed by atoms with E-state index in [0.29, 0.717) is 5.92 Å². The summed E-state index contributed by atoms with van der Waals surface area (Å²) in [4.78, 5) is 0. The van der Waals surface area contributed by atoms with Crippen LogP contribution in [0.2, 0.25) is 0 Å². The second-order valence-corrected chi connectivity index (χ2v) is 5.00. The highest BCUT2D eigenvalue weighted by Crippen LogP contribution is 2.44. The molecule has 0 amide bonds. The molecule has 1 aliphatic carbocycles. The van der Waals surface area contributed by atoms with Gasteiger partial charge in [-0.15, -0.1) is 0 Å². The van der Waals surface area contributed by atoms with E-state index in [1.807, 2.05) is 0 Å². The molecule has 86 valence electrons. The summed E-state index contributed by atoms with van der Waals surface area (Å²) in [7, 11) is 0. The van der Waals surface area contributed by atoms with Gasteiger partial charge in [-0.25, -0.2) is 0 Å². The molecule has 0 N–H and O–H groups in total. The monoisotopic (exact) mass is 206 g/mol. The minimum absolute atomic E-state index is 0.671. The van der Waals surface area contributed by atoms with E-state index in [1.54, 1.807) is 5.57 Å². The summed E-state index contributed by atoms with van der Waals surface area (Å²) in [5, 5.41) is 0. The van der Waals surface area contributed by atoms with Gasteiger partial charge in [0.05, 0.1) is 0 Å². The zero-order valence-electron chi connectivity index (χ0n) is 10.8. The summed E-state index contributed by atoms with van der Waals surface area (Å²) in [5.41, 5.74) is 3.02. The molecule has 0 aromatic carbocycles. The van der Waals surface area contributed by atoms with Crippen LogP contribution in [0.25, 0.3) is 0 Å². The maximum atomic E-state index is 4.10. The second-order valence-electron chi connectivity index (χ2n) is 5.00. The normalized spacial score (nSPS) is 21.4. The molecule has 0 aliphatic heterocycles. The van der Waals surface area contributed by atoms with Crippen LogP contribution in [0, 0.1) is 17.8 Å². The van der Waals surface area contributed by atoms with E-state index in [2.05, 4.69) is 40.3 Å². The lowest BCUT2D eigenvalue weighted by molar-refractivity contribution is 0.431. The second kappa shape index (κ2) is 5.53. The molecule has 2 atom stereocenters. The molecular weight excluding hydrogens is 180 g/mol. The van der Waals surface area contributed by atoms with E-state index in [9.17, 15) is 0 Å². The minimum Gasteiger partial charge on any atom is -0.0995 e. The highest BCUT2D eigenvalue weighted by molar-refractivity contribution is 5.36. The predicted octanol–water partition coefficient (Wildman–Crippen LogP) is 4.97. The SMILES string of the molecule is C=C(C)C(CC)C1=CC1CC(CC)CC. The molecule has 0 heterocycles. The first-order valence-electron chi connectivity index (χ1n) is 6.50. The van der Waals surface area contributed by atoms with Gasteiger partial charge in [0, 0.05) is 5.92 Å². The largest absolute Gasteiger partial charge is 0.0995 e. The fourth-order valence-corrected chi connectivity index (χ4v) is 2.61. The summed E-state index contributed by atoms with van der Waals surface area (Å²) >= 11 is 0. The average Bonchev–Trinajstić information content (AvgIpc) is 2.94. The third kappa shape index (κ3) is 3.22. The highest BCUT2D eigenvalue weighted by Gasteiger charge is 2.31. The van der Waals surface area contributed by atoms with Crippen LogP contribution in [0.5, 0.6) is 0 Å². The Hall–Kier alpha value is -0.520. The average molecular weight is 206 g/mol. The van der Waals surface area contributed by atoms with E-state index in [0.717, 1.165) is 11.8 Å². The van der Waals surface area contributed by atoms with Gasteiger partial charge in [0.1, 0.15) is 0 Å². The van der Waals surface area contributed by atoms with Crippen molar-refractivity contribution in [2.75, 3.05) is 0 Å². The molecule has 0 saturated carbocycles. The number of allylic oxidation sites excluding steroid dienone is 3. The summed E-state index contributed by atoms with van der Waals surface area (Å²) in [5.74, 6) is 2.41. The first-order valence-corrected chi connectivity index (χ1v) is 6.50. The van der Waals surface area contributed by atoms with Gasteiger partial charge in [-0.1, -0.05) is 57.4 Å². The molecule has 0 radical (unpaired) electrons. The van der Waals surface area contributed by atoms with Crippen LogP contribution in [0.15, 0.2) is 23.8 Å². The molecule has 0 spiro atoms. The Balaban J connectivity index is 2.38. The van der Waals surface area contributed by atoms with Crippen LogP contribution in [-0.2, 0) is 0 Å². The van der Waals surface area contributed by atoms with E-state index >= 15 is 0 Å². The molecule has 0 aromatic heterocycles. The first kappa shape index (κ1) is 12.5. The van der Waals surface area contributed by atoms with Gasteiger partial charge in [-0.2, -0.15) is 0 Å². The zero-order valence-corrected chi connectivity index (χ0v) is 10.8. The topological polar surface area (TPSA) is 0 Å². The Morgan fingerprint density at radius 1 is 1.27 bits per heavy atom. The highest BCUT2D eigenvalue weighted by atomic mass is 14.4. The van der Waals surface area contributed by atoms with Gasteiger partial charge in [-0.3, -0.25) is 0 Å². The van der Waals surface area contributed by atoms with E-state index < -0.39 is 0 Å². The van der Waals surface area contributed by atoms with Crippen molar-refractivity contribution in [2.24, 2.45) is 17.8 Å². The van der Waals surface area contributed by atoms with Crippen molar-refractivity contribution in [1.29, 1.82) is 0 Å². The van der Waals surface area contributed by atoms with Crippen LogP contribution in [0.1, 0.15) is 53.4 Å². The summed E-state index contributed by atoms with van der Waals surface area (Å²) in [6, 6.07) is 0. The van der Waals surface area contributed by atoms with Crippen molar-refractivity contribution in [1.82, 2.24) is 0 Å². The van der Waals surface area contributed by atoms with E-state index in [1.165, 1.54) is 31.3 Å². The van der Waals surface area contributed by atoms with Crippen LogP contribution in [0.3, 0.4) is 0 Å². The Bertz CT molecular complexity index is 243. The zero-order chi connectivity index (χ0) is 11.4. The van der Waals surface area contributed by atoms with Gasteiger partial charge >= 0.3 is 0 Å². The quantitative estimate of drug-likeness (QED) is 0.516. The molecule has 0 heteroatoms. The third-order valence-electron chi connectivity index (χ3n) is 3.86. The predicted molar refractivity (Wildman–Crippen MR) is 68.9 cm³/mol. The summed E-state index contributed by atoms with van der Waals surface area (Å²) in [6.45, 7) is 13.2. The van der Waals surface area contributed by atoms with Crippen molar-refractivity contribution < 1.29 is 0 Å². The van der Waals surface area contributed by atoms with E-state index in [4.69, 9.17) is 0 Å². The van der Waals surface area contributed by atoms with E-state index in [-0.39, 0.29) is 0 Å². The fourth-order valence-electron chi connectivity index (χ4n) is 2.61. The van der Waals surface area contributed by atoms with Gasteiger partial charge in [0.2, 0.25) is 0 Å². The molecule has 0 aromatic rings. The van der Waals surface area contributed by atoms with Gasteiger partial charge in [0.25, 0.3) is 0 Å². The van der Waals surface area contributed by atoms with Crippen molar-refractivity contribution in [3.8, 4) is 0 Å². The molecule has 0 bridgehead atoms. The van der Waals surface area contributed by atoms with Crippen LogP contribution < -0.4 is 0 Å². The molecule has 1 rings (SSSR count). The standard InChI is InChI=1S/C15H26/c1-6-12(7-2)9-13-10-15(13)14(8-3)11(4)5/h10,12-14H,4,6-9H2,1-3,5H3. The van der Waals surface area contributed by atoms with Gasteiger partial charge in [-0.05, 0) is 31.6 Å². The molecule has 0 nitrogen and oxygen atoms in total. The first-order chi connectivity index (χ1) is 7.13. The van der Waals surface area contributed by atoms with Crippen molar-refractivity contribution >= 4 is 0 Å². The summed E-state index contributed by atoms with van der Waals surface area (Å²) in [6.07, 6.45) is 7.74. The fraction of sp³-hybridized carbons (Fsp3) is 0.733. The number of hydrogen-bond donors (Lipinski definition) is 0. The van der Waals surface area contributed by atoms with Crippen LogP contribution in [0.4, 0.5) is 0 Å². The molecular formula is C15H26. The van der Waals surface area contributed by atoms with Crippen LogP contribution >= 0.6 is 0 Å². The van der Waals surface area contributed by atoms with Crippen molar-refractivity contribution in [3.63, 3.8) is 0 Å². The Labute approximate surface area is 95.5 Å². The Morgan fingerprint density at radius 2 is 1.87 bits per heavy atom. The van der Waals surface area contributed by atoms with Crippen molar-refractivity contribution in [3.05, 3.63) is 23.8 Å². The lowest BCUT2D eigenvalue weighted by atomic mass is 9.89. The molecule has 1 aliphatic rings. The maximum Gasteiger partial charge on any atom is 0.000496 e. The maximum absolute atomic E-state index is 4.10. The lowest BCUT2D eigenvalue weighted by Gasteiger charge is -2.16. The Morgan fingerprint density at radius 3 is 2.27 bits per heavy atom. The Kier molecular flexibility index (Phi) is 4.63. The molecule has 15 heavy (non-hydrogen) atoms. The van der Waals surface area contributed by atoms with Gasteiger partial charge in [0.15, 0.2) is 0 Å².